The molecule has 0 amide bonds. The zero-order valence-corrected chi connectivity index (χ0v) is 28.7. The molecule has 4 saturated carbocycles. The second-order valence-electron chi connectivity index (χ2n) is 15.8. The van der Waals surface area contributed by atoms with E-state index in [1.807, 2.05) is 13.8 Å². The van der Waals surface area contributed by atoms with E-state index in [1.165, 1.54) is 38.5 Å². The van der Waals surface area contributed by atoms with Gasteiger partial charge in [-0.3, -0.25) is 4.55 Å². The number of nitrogens with one attached hydrogen (secondary N) is 2. The lowest BCUT2D eigenvalue weighted by Gasteiger charge is -2.59. The van der Waals surface area contributed by atoms with E-state index >= 15 is 0 Å². The summed E-state index contributed by atoms with van der Waals surface area (Å²) < 4.78 is 37.1. The van der Waals surface area contributed by atoms with Gasteiger partial charge in [-0.15, -0.1) is 0 Å². The Morgan fingerprint density at radius 1 is 0.977 bits per heavy atom. The first-order chi connectivity index (χ1) is 20.4. The van der Waals surface area contributed by atoms with Crippen LogP contribution in [0, 0.1) is 58.7 Å². The molecule has 8 nitrogen and oxygen atoms in total. The predicted molar refractivity (Wildman–Crippen MR) is 174 cm³/mol. The maximum Gasteiger partial charge on any atom is 0.397 e. The molecule has 0 aromatic heterocycles. The van der Waals surface area contributed by atoms with Gasteiger partial charge in [0.2, 0.25) is 0 Å². The van der Waals surface area contributed by atoms with E-state index in [4.69, 9.17) is 9.92 Å². The lowest BCUT2D eigenvalue weighted by atomic mass is 9.47. The van der Waals surface area contributed by atoms with Gasteiger partial charge >= 0.3 is 10.4 Å². The molecule has 43 heavy (non-hydrogen) atoms. The molecule has 4 aliphatic rings. The van der Waals surface area contributed by atoms with E-state index in [2.05, 4.69) is 31.4 Å². The fourth-order valence-corrected chi connectivity index (χ4v) is 11.5. The van der Waals surface area contributed by atoms with Gasteiger partial charge in [-0.25, -0.2) is 4.18 Å². The Morgan fingerprint density at radius 3 is 2.42 bits per heavy atom. The predicted octanol–water partition coefficient (Wildman–Crippen LogP) is 5.41. The van der Waals surface area contributed by atoms with E-state index in [1.54, 1.807) is 0 Å². The summed E-state index contributed by atoms with van der Waals surface area (Å²) in [7, 11) is -4.45. The SMILES string of the molecule is CC(C)[C@@H](CC[C@@H](C)C1CCC2C3C(CC[C@@]21C)C1C(C[C@@H](NCCCNCCCCN)C[C@H]1C)C[C@H]3O)OS(=O)(=O)O. The Kier molecular flexibility index (Phi) is 12.8. The molecule has 0 aromatic carbocycles. The van der Waals surface area contributed by atoms with E-state index in [0.29, 0.717) is 53.9 Å². The minimum atomic E-state index is -4.45. The van der Waals surface area contributed by atoms with Crippen molar-refractivity contribution in [3.63, 3.8) is 0 Å². The number of fused-ring (bicyclic) bond motifs is 5. The van der Waals surface area contributed by atoms with Gasteiger partial charge in [0.15, 0.2) is 0 Å². The van der Waals surface area contributed by atoms with Crippen LogP contribution >= 0.6 is 0 Å². The molecule has 0 radical (unpaired) electrons. The number of rotatable bonds is 16. The van der Waals surface area contributed by atoms with Crippen molar-refractivity contribution in [3.05, 3.63) is 0 Å². The molecular weight excluding hydrogens is 562 g/mol. The zero-order valence-electron chi connectivity index (χ0n) is 27.8. The summed E-state index contributed by atoms with van der Waals surface area (Å²) in [5, 5.41) is 19.2. The zero-order chi connectivity index (χ0) is 31.4. The average Bonchev–Trinajstić information content (AvgIpc) is 3.28. The molecule has 0 heterocycles. The van der Waals surface area contributed by atoms with Crippen molar-refractivity contribution in [3.8, 4) is 0 Å². The van der Waals surface area contributed by atoms with Crippen LogP contribution in [0.25, 0.3) is 0 Å². The van der Waals surface area contributed by atoms with Gasteiger partial charge in [-0.2, -0.15) is 8.42 Å². The van der Waals surface area contributed by atoms with Crippen LogP contribution < -0.4 is 16.4 Å². The Balaban J connectivity index is 1.31. The van der Waals surface area contributed by atoms with Gasteiger partial charge in [0.25, 0.3) is 0 Å². The summed E-state index contributed by atoms with van der Waals surface area (Å²) in [6, 6.07) is 0.572. The number of aliphatic hydroxyl groups is 1. The third-order valence-corrected chi connectivity index (χ3v) is 13.2. The summed E-state index contributed by atoms with van der Waals surface area (Å²) in [6.07, 6.45) is 12.6. The van der Waals surface area contributed by atoms with Gasteiger partial charge < -0.3 is 21.5 Å². The van der Waals surface area contributed by atoms with Crippen LogP contribution in [0.5, 0.6) is 0 Å². The monoisotopic (exact) mass is 627 g/mol. The minimum absolute atomic E-state index is 0.0164. The Morgan fingerprint density at radius 2 is 1.72 bits per heavy atom. The van der Waals surface area contributed by atoms with Crippen LogP contribution in [-0.2, 0) is 14.6 Å². The van der Waals surface area contributed by atoms with Crippen molar-refractivity contribution in [2.45, 2.75) is 130 Å². The largest absolute Gasteiger partial charge is 0.397 e. The lowest BCUT2D eigenvalue weighted by Crippen LogP contribution is -2.57. The molecular formula is C34H65N3O5S. The highest BCUT2D eigenvalue weighted by molar-refractivity contribution is 7.80. The number of hydrogen-bond acceptors (Lipinski definition) is 7. The van der Waals surface area contributed by atoms with Crippen molar-refractivity contribution < 1.29 is 22.3 Å². The first kappa shape index (κ1) is 35.6. The fourth-order valence-electron chi connectivity index (χ4n) is 10.9. The molecule has 4 rings (SSSR count). The van der Waals surface area contributed by atoms with Crippen LogP contribution in [0.2, 0.25) is 0 Å². The topological polar surface area (TPSA) is 134 Å². The van der Waals surface area contributed by atoms with Crippen molar-refractivity contribution >= 4 is 10.4 Å². The molecule has 4 aliphatic carbocycles. The van der Waals surface area contributed by atoms with Crippen LogP contribution in [0.4, 0.5) is 0 Å². The normalized spacial score (nSPS) is 39.2. The van der Waals surface area contributed by atoms with Crippen molar-refractivity contribution in [2.75, 3.05) is 26.2 Å². The summed E-state index contributed by atoms with van der Waals surface area (Å²) in [5.41, 5.74) is 5.81. The van der Waals surface area contributed by atoms with Gasteiger partial charge in [0, 0.05) is 6.04 Å². The summed E-state index contributed by atoms with van der Waals surface area (Å²) in [5.74, 6) is 4.74. The third-order valence-electron chi connectivity index (χ3n) is 12.7. The summed E-state index contributed by atoms with van der Waals surface area (Å²) >= 11 is 0. The van der Waals surface area contributed by atoms with E-state index < -0.39 is 16.5 Å². The molecule has 0 saturated heterocycles. The second-order valence-corrected chi connectivity index (χ2v) is 16.8. The molecule has 0 bridgehead atoms. The first-order valence-electron chi connectivity index (χ1n) is 17.8. The molecule has 0 aliphatic heterocycles. The maximum atomic E-state index is 11.7. The fraction of sp³-hybridized carbons (Fsp3) is 1.00. The third kappa shape index (κ3) is 8.75. The highest BCUT2D eigenvalue weighted by atomic mass is 32.3. The molecule has 4 fully saturated rings. The summed E-state index contributed by atoms with van der Waals surface area (Å²) in [6.45, 7) is 15.2. The molecule has 6 N–H and O–H groups in total. The highest BCUT2D eigenvalue weighted by Gasteiger charge is 2.60. The van der Waals surface area contributed by atoms with Crippen molar-refractivity contribution in [1.82, 2.24) is 10.6 Å². The standard InChI is InChI=1S/C34H65N3O5S/c1-22(2)31(42-43(39,40)41)12-9-23(3)28-10-11-29-33-27(13-14-34(28,29)5)32-24(4)19-26(20-25(32)21-30(33)38)37-18-8-17-36-16-7-6-15-35/h22-33,36-38H,6-21,35H2,1-5H3,(H,39,40,41)/t23-,24-,25?,26+,27?,28?,29?,30-,31-,32?,33?,34-/m1/s1. The van der Waals surface area contributed by atoms with Crippen molar-refractivity contribution in [2.24, 2.45) is 64.4 Å². The van der Waals surface area contributed by atoms with Crippen LogP contribution in [-0.4, -0.2) is 62.5 Å². The average molecular weight is 628 g/mol. The van der Waals surface area contributed by atoms with Crippen molar-refractivity contribution in [1.29, 1.82) is 0 Å². The molecule has 9 heteroatoms. The van der Waals surface area contributed by atoms with Crippen LogP contribution in [0.15, 0.2) is 0 Å². The Bertz CT molecular complexity index is 966. The van der Waals surface area contributed by atoms with Crippen LogP contribution in [0.3, 0.4) is 0 Å². The maximum absolute atomic E-state index is 11.7. The minimum Gasteiger partial charge on any atom is -0.393 e. The number of nitrogens with two attached hydrogens (primary N) is 1. The van der Waals surface area contributed by atoms with Crippen LogP contribution in [0.1, 0.15) is 112 Å². The Labute approximate surface area is 263 Å². The first-order valence-corrected chi connectivity index (χ1v) is 19.2. The van der Waals surface area contributed by atoms with Gasteiger partial charge in [-0.05, 0) is 162 Å². The Hall–Kier alpha value is -0.290. The quantitative estimate of drug-likeness (QED) is 0.113. The molecule has 12 atom stereocenters. The summed E-state index contributed by atoms with van der Waals surface area (Å²) in [4.78, 5) is 0. The van der Waals surface area contributed by atoms with E-state index in [-0.39, 0.29) is 17.4 Å². The highest BCUT2D eigenvalue weighted by Crippen LogP contribution is 2.66. The number of aliphatic hydroxyl groups excluding tert-OH is 1. The van der Waals surface area contributed by atoms with Gasteiger partial charge in [0.1, 0.15) is 0 Å². The number of hydrogen-bond donors (Lipinski definition) is 5. The number of unbranched alkanes of at least 4 members (excludes halogenated alkanes) is 1. The lowest BCUT2D eigenvalue weighted by molar-refractivity contribution is -0.141. The molecule has 0 spiro atoms. The molecule has 0 aromatic rings. The van der Waals surface area contributed by atoms with E-state index in [9.17, 15) is 18.1 Å². The van der Waals surface area contributed by atoms with Gasteiger partial charge in [0.05, 0.1) is 12.2 Å². The smallest absolute Gasteiger partial charge is 0.393 e. The molecule has 252 valence electrons. The molecule has 6 unspecified atom stereocenters. The van der Waals surface area contributed by atoms with Gasteiger partial charge in [-0.1, -0.05) is 34.6 Å². The second kappa shape index (κ2) is 15.5. The van der Waals surface area contributed by atoms with E-state index in [0.717, 1.165) is 64.2 Å².